The second-order valence-electron chi connectivity index (χ2n) is 5.84. The first-order chi connectivity index (χ1) is 11.8. The lowest BCUT2D eigenvalue weighted by atomic mass is 10.1. The summed E-state index contributed by atoms with van der Waals surface area (Å²) in [6, 6.07) is 12.0. The summed E-state index contributed by atoms with van der Waals surface area (Å²) in [7, 11) is -3.56. The molecule has 1 aliphatic heterocycles. The quantitative estimate of drug-likeness (QED) is 0.888. The Balaban J connectivity index is 1.90. The maximum absolute atomic E-state index is 12.6. The minimum atomic E-state index is -3.56. The van der Waals surface area contributed by atoms with Crippen LogP contribution in [-0.2, 0) is 14.8 Å². The molecule has 25 heavy (non-hydrogen) atoms. The highest BCUT2D eigenvalue weighted by Crippen LogP contribution is 2.36. The van der Waals surface area contributed by atoms with Crippen LogP contribution in [0.4, 0.5) is 11.4 Å². The molecule has 6 nitrogen and oxygen atoms in total. The molecule has 1 unspecified atom stereocenters. The number of carbonyl (C=O) groups is 1. The maximum Gasteiger partial charge on any atom is 0.267 e. The maximum atomic E-state index is 12.6. The fourth-order valence-electron chi connectivity index (χ4n) is 2.59. The molecule has 3 rings (SSSR count). The fraction of sp³-hybridized carbons (Fsp3) is 0.235. The zero-order valence-corrected chi connectivity index (χ0v) is 15.3. The number of hydrogen-bond donors (Lipinski definition) is 1. The molecule has 0 fully saturated rings. The summed E-state index contributed by atoms with van der Waals surface area (Å²) >= 11 is 6.05. The lowest BCUT2D eigenvalue weighted by Crippen LogP contribution is -2.48. The van der Waals surface area contributed by atoms with Gasteiger partial charge in [0.05, 0.1) is 29.2 Å². The van der Waals surface area contributed by atoms with E-state index in [9.17, 15) is 13.2 Å². The first-order valence-electron chi connectivity index (χ1n) is 7.56. The normalized spacial score (nSPS) is 16.8. The van der Waals surface area contributed by atoms with E-state index in [2.05, 4.69) is 5.32 Å². The van der Waals surface area contributed by atoms with Crippen molar-refractivity contribution in [2.45, 2.75) is 13.0 Å². The van der Waals surface area contributed by atoms with Gasteiger partial charge in [0.2, 0.25) is 10.0 Å². The van der Waals surface area contributed by atoms with Crippen molar-refractivity contribution in [3.05, 3.63) is 53.1 Å². The topological polar surface area (TPSA) is 75.7 Å². The molecule has 0 aromatic heterocycles. The number of ether oxygens (including phenoxy) is 1. The van der Waals surface area contributed by atoms with Crippen molar-refractivity contribution in [3.8, 4) is 5.75 Å². The number of aryl methyl sites for hydroxylation is 1. The van der Waals surface area contributed by atoms with Crippen molar-refractivity contribution in [2.75, 3.05) is 22.4 Å². The highest BCUT2D eigenvalue weighted by molar-refractivity contribution is 7.92. The van der Waals surface area contributed by atoms with Crippen LogP contribution in [0.2, 0.25) is 5.02 Å². The van der Waals surface area contributed by atoms with E-state index < -0.39 is 22.0 Å². The molecule has 0 saturated carbocycles. The SMILES string of the molecule is Cc1ccc2c(c1)N(S(C)(=O)=O)CC(C(=O)Nc1ccccc1Cl)O2. The molecule has 0 spiro atoms. The predicted molar refractivity (Wildman–Crippen MR) is 97.9 cm³/mol. The van der Waals surface area contributed by atoms with Gasteiger partial charge in [-0.3, -0.25) is 9.10 Å². The first kappa shape index (κ1) is 17.6. The zero-order valence-electron chi connectivity index (χ0n) is 13.7. The van der Waals surface area contributed by atoms with Gasteiger partial charge in [-0.15, -0.1) is 0 Å². The monoisotopic (exact) mass is 380 g/mol. The molecule has 1 atom stereocenters. The van der Waals surface area contributed by atoms with Gasteiger partial charge in [0, 0.05) is 0 Å². The third kappa shape index (κ3) is 3.72. The number of benzene rings is 2. The minimum absolute atomic E-state index is 0.106. The summed E-state index contributed by atoms with van der Waals surface area (Å²) in [6.45, 7) is 1.75. The number of nitrogens with one attached hydrogen (secondary N) is 1. The number of amides is 1. The van der Waals surface area contributed by atoms with Gasteiger partial charge in [-0.1, -0.05) is 29.8 Å². The molecular weight excluding hydrogens is 364 g/mol. The van der Waals surface area contributed by atoms with E-state index in [0.29, 0.717) is 22.1 Å². The summed E-state index contributed by atoms with van der Waals surface area (Å²) in [6.07, 6.45) is 0.120. The van der Waals surface area contributed by atoms with Crippen molar-refractivity contribution in [1.82, 2.24) is 0 Å². The number of fused-ring (bicyclic) bond motifs is 1. The van der Waals surface area contributed by atoms with Crippen LogP contribution in [0, 0.1) is 6.92 Å². The zero-order chi connectivity index (χ0) is 18.2. The van der Waals surface area contributed by atoms with Gasteiger partial charge >= 0.3 is 0 Å². The average molecular weight is 381 g/mol. The Hall–Kier alpha value is -2.25. The Morgan fingerprint density at radius 3 is 2.68 bits per heavy atom. The molecule has 2 aromatic rings. The molecule has 1 aliphatic rings. The summed E-state index contributed by atoms with van der Waals surface area (Å²) in [5.41, 5.74) is 1.78. The summed E-state index contributed by atoms with van der Waals surface area (Å²) in [5, 5.41) is 3.07. The standard InChI is InChI=1S/C17H17ClN2O4S/c1-11-7-8-15-14(9-11)20(25(2,22)23)10-16(24-15)17(21)19-13-6-4-3-5-12(13)18/h3-9,16H,10H2,1-2H3,(H,19,21). The Morgan fingerprint density at radius 2 is 2.00 bits per heavy atom. The molecule has 2 aromatic carbocycles. The predicted octanol–water partition coefficient (Wildman–Crippen LogP) is 2.81. The van der Waals surface area contributed by atoms with Gasteiger partial charge in [-0.2, -0.15) is 0 Å². The van der Waals surface area contributed by atoms with E-state index in [1.807, 2.05) is 6.92 Å². The number of rotatable bonds is 3. The van der Waals surface area contributed by atoms with Gasteiger partial charge in [-0.25, -0.2) is 8.42 Å². The molecule has 0 aliphatic carbocycles. The van der Waals surface area contributed by atoms with Crippen LogP contribution >= 0.6 is 11.6 Å². The Kier molecular flexibility index (Phi) is 4.62. The number of anilines is 2. The number of hydrogen-bond acceptors (Lipinski definition) is 4. The third-order valence-corrected chi connectivity index (χ3v) is 5.28. The van der Waals surface area contributed by atoms with Crippen LogP contribution in [0.1, 0.15) is 5.56 Å². The van der Waals surface area contributed by atoms with Crippen molar-refractivity contribution >= 4 is 38.9 Å². The molecule has 1 heterocycles. The summed E-state index contributed by atoms with van der Waals surface area (Å²) in [4.78, 5) is 12.6. The van der Waals surface area contributed by atoms with Crippen LogP contribution in [0.25, 0.3) is 0 Å². The molecule has 1 N–H and O–H groups in total. The highest BCUT2D eigenvalue weighted by Gasteiger charge is 2.35. The number of sulfonamides is 1. The van der Waals surface area contributed by atoms with Crippen LogP contribution in [0.15, 0.2) is 42.5 Å². The molecule has 1 amide bonds. The average Bonchev–Trinajstić information content (AvgIpc) is 2.55. The van der Waals surface area contributed by atoms with Crippen LogP contribution < -0.4 is 14.4 Å². The number of para-hydroxylation sites is 1. The Labute approximate surface area is 151 Å². The second kappa shape index (κ2) is 6.57. The molecule has 8 heteroatoms. The number of carbonyl (C=O) groups excluding carboxylic acids is 1. The van der Waals surface area contributed by atoms with Gasteiger partial charge in [-0.05, 0) is 36.8 Å². The Bertz CT molecular complexity index is 930. The largest absolute Gasteiger partial charge is 0.476 e. The first-order valence-corrected chi connectivity index (χ1v) is 9.79. The molecule has 132 valence electrons. The molecule has 0 radical (unpaired) electrons. The van der Waals surface area contributed by atoms with Gasteiger partial charge in [0.15, 0.2) is 6.10 Å². The second-order valence-corrected chi connectivity index (χ2v) is 8.15. The van der Waals surface area contributed by atoms with Gasteiger partial charge < -0.3 is 10.1 Å². The van der Waals surface area contributed by atoms with Crippen LogP contribution in [-0.4, -0.2) is 33.2 Å². The molecule has 0 saturated heterocycles. The minimum Gasteiger partial charge on any atom is -0.476 e. The van der Waals surface area contributed by atoms with E-state index in [1.165, 1.54) is 4.31 Å². The van der Waals surface area contributed by atoms with E-state index >= 15 is 0 Å². The van der Waals surface area contributed by atoms with E-state index in [4.69, 9.17) is 16.3 Å². The van der Waals surface area contributed by atoms with Crippen molar-refractivity contribution in [1.29, 1.82) is 0 Å². The highest BCUT2D eigenvalue weighted by atomic mass is 35.5. The van der Waals surface area contributed by atoms with E-state index in [1.54, 1.807) is 42.5 Å². The van der Waals surface area contributed by atoms with Gasteiger partial charge in [0.25, 0.3) is 5.91 Å². The van der Waals surface area contributed by atoms with Gasteiger partial charge in [0.1, 0.15) is 5.75 Å². The van der Waals surface area contributed by atoms with E-state index in [-0.39, 0.29) is 6.54 Å². The number of halogens is 1. The lowest BCUT2D eigenvalue weighted by molar-refractivity contribution is -0.122. The lowest BCUT2D eigenvalue weighted by Gasteiger charge is -2.34. The fourth-order valence-corrected chi connectivity index (χ4v) is 3.68. The number of nitrogens with zero attached hydrogens (tertiary/aromatic N) is 1. The summed E-state index contributed by atoms with van der Waals surface area (Å²) in [5.74, 6) is -0.116. The third-order valence-electron chi connectivity index (χ3n) is 3.81. The van der Waals surface area contributed by atoms with E-state index in [0.717, 1.165) is 11.8 Å². The summed E-state index contributed by atoms with van der Waals surface area (Å²) < 4.78 is 31.2. The Morgan fingerprint density at radius 1 is 1.28 bits per heavy atom. The molecule has 0 bridgehead atoms. The van der Waals surface area contributed by atoms with Crippen molar-refractivity contribution in [2.24, 2.45) is 0 Å². The van der Waals surface area contributed by atoms with Crippen molar-refractivity contribution < 1.29 is 17.9 Å². The van der Waals surface area contributed by atoms with Crippen LogP contribution in [0.3, 0.4) is 0 Å². The van der Waals surface area contributed by atoms with Crippen LogP contribution in [0.5, 0.6) is 5.75 Å². The smallest absolute Gasteiger partial charge is 0.267 e. The van der Waals surface area contributed by atoms with Crippen molar-refractivity contribution in [3.63, 3.8) is 0 Å². The molecular formula is C17H17ClN2O4S.